The van der Waals surface area contributed by atoms with Gasteiger partial charge in [0.05, 0.1) is 0 Å². The van der Waals surface area contributed by atoms with E-state index < -0.39 is 0 Å². The summed E-state index contributed by atoms with van der Waals surface area (Å²) in [5, 5.41) is 0.718. The average molecular weight is 359 g/mol. The SMILES string of the molecule is Fc1ccc(-c2cc(CBr)cc(-c3ccc(F)cc3)c2)cc1. The third-order valence-corrected chi connectivity index (χ3v) is 4.15. The average Bonchev–Trinajstić information content (AvgIpc) is 2.55. The minimum Gasteiger partial charge on any atom is -0.207 e. The number of hydrogen-bond donors (Lipinski definition) is 0. The first-order chi connectivity index (χ1) is 10.7. The predicted molar refractivity (Wildman–Crippen MR) is 89.9 cm³/mol. The molecule has 0 unspecified atom stereocenters. The van der Waals surface area contributed by atoms with Crippen LogP contribution in [-0.4, -0.2) is 0 Å². The normalized spacial score (nSPS) is 10.7. The van der Waals surface area contributed by atoms with E-state index in [9.17, 15) is 8.78 Å². The van der Waals surface area contributed by atoms with Crippen LogP contribution in [-0.2, 0) is 5.33 Å². The van der Waals surface area contributed by atoms with Crippen LogP contribution in [0.4, 0.5) is 8.78 Å². The molecule has 0 amide bonds. The van der Waals surface area contributed by atoms with E-state index in [0.29, 0.717) is 0 Å². The molecule has 0 nitrogen and oxygen atoms in total. The highest BCUT2D eigenvalue weighted by Gasteiger charge is 2.06. The Balaban J connectivity index is 2.10. The van der Waals surface area contributed by atoms with Gasteiger partial charge >= 0.3 is 0 Å². The van der Waals surface area contributed by atoms with Gasteiger partial charge in [-0.25, -0.2) is 8.78 Å². The lowest BCUT2D eigenvalue weighted by molar-refractivity contribution is 0.627. The summed E-state index contributed by atoms with van der Waals surface area (Å²) in [5.74, 6) is -0.502. The van der Waals surface area contributed by atoms with Gasteiger partial charge in [-0.3, -0.25) is 0 Å². The Bertz CT molecular complexity index is 714. The summed E-state index contributed by atoms with van der Waals surface area (Å²) < 4.78 is 26.2. The molecule has 3 aromatic rings. The van der Waals surface area contributed by atoms with Crippen molar-refractivity contribution in [1.29, 1.82) is 0 Å². The van der Waals surface area contributed by atoms with Crippen molar-refractivity contribution in [2.75, 3.05) is 0 Å². The van der Waals surface area contributed by atoms with Crippen LogP contribution in [0.5, 0.6) is 0 Å². The summed E-state index contributed by atoms with van der Waals surface area (Å²) in [6.07, 6.45) is 0. The second-order valence-electron chi connectivity index (χ2n) is 5.07. The van der Waals surface area contributed by atoms with Crippen molar-refractivity contribution < 1.29 is 8.78 Å². The molecule has 0 N–H and O–H groups in total. The molecule has 0 atom stereocenters. The Hall–Kier alpha value is -2.00. The summed E-state index contributed by atoms with van der Waals surface area (Å²) in [6.45, 7) is 0. The van der Waals surface area contributed by atoms with Gasteiger partial charge in [-0.15, -0.1) is 0 Å². The van der Waals surface area contributed by atoms with Gasteiger partial charge in [-0.05, 0) is 58.1 Å². The maximum absolute atomic E-state index is 13.1. The molecule has 0 saturated carbocycles. The van der Waals surface area contributed by atoms with Gasteiger partial charge in [0.1, 0.15) is 11.6 Å². The van der Waals surface area contributed by atoms with Gasteiger partial charge in [0.15, 0.2) is 0 Å². The fourth-order valence-electron chi connectivity index (χ4n) is 2.39. The van der Waals surface area contributed by atoms with Crippen LogP contribution in [0.1, 0.15) is 5.56 Å². The number of alkyl halides is 1. The lowest BCUT2D eigenvalue weighted by atomic mass is 9.96. The van der Waals surface area contributed by atoms with Gasteiger partial charge in [0.25, 0.3) is 0 Å². The van der Waals surface area contributed by atoms with Crippen LogP contribution in [0.25, 0.3) is 22.3 Å². The van der Waals surface area contributed by atoms with Crippen LogP contribution < -0.4 is 0 Å². The molecule has 3 heteroatoms. The second-order valence-corrected chi connectivity index (χ2v) is 5.63. The van der Waals surface area contributed by atoms with Gasteiger partial charge in [-0.2, -0.15) is 0 Å². The number of rotatable bonds is 3. The number of benzene rings is 3. The van der Waals surface area contributed by atoms with Crippen LogP contribution >= 0.6 is 15.9 Å². The number of hydrogen-bond acceptors (Lipinski definition) is 0. The first-order valence-corrected chi connectivity index (χ1v) is 8.00. The highest BCUT2D eigenvalue weighted by atomic mass is 79.9. The Morgan fingerprint density at radius 1 is 0.591 bits per heavy atom. The summed E-state index contributed by atoms with van der Waals surface area (Å²) in [4.78, 5) is 0. The fraction of sp³-hybridized carbons (Fsp3) is 0.0526. The number of halogens is 3. The Morgan fingerprint density at radius 3 is 1.36 bits per heavy atom. The van der Waals surface area contributed by atoms with Crippen molar-refractivity contribution >= 4 is 15.9 Å². The minimum atomic E-state index is -0.251. The van der Waals surface area contributed by atoms with E-state index in [1.165, 1.54) is 24.3 Å². The molecule has 3 aromatic carbocycles. The zero-order valence-electron chi connectivity index (χ0n) is 11.7. The Kier molecular flexibility index (Phi) is 4.34. The first kappa shape index (κ1) is 14.9. The molecule has 0 spiro atoms. The van der Waals surface area contributed by atoms with Crippen LogP contribution in [0.15, 0.2) is 66.7 Å². The van der Waals surface area contributed by atoms with E-state index >= 15 is 0 Å². The Morgan fingerprint density at radius 2 is 1.00 bits per heavy atom. The van der Waals surface area contributed by atoms with Gasteiger partial charge in [0, 0.05) is 5.33 Å². The molecule has 0 bridgehead atoms. The summed E-state index contributed by atoms with van der Waals surface area (Å²) in [7, 11) is 0. The van der Waals surface area contributed by atoms with Gasteiger partial charge in [0.2, 0.25) is 0 Å². The van der Waals surface area contributed by atoms with Crippen LogP contribution in [0.2, 0.25) is 0 Å². The minimum absolute atomic E-state index is 0.251. The van der Waals surface area contributed by atoms with Crippen molar-refractivity contribution in [1.82, 2.24) is 0 Å². The molecular formula is C19H13BrF2. The summed E-state index contributed by atoms with van der Waals surface area (Å²) in [5.41, 5.74) is 5.04. The van der Waals surface area contributed by atoms with Crippen molar-refractivity contribution in [3.05, 3.63) is 83.9 Å². The predicted octanol–water partition coefficient (Wildman–Crippen LogP) is 6.19. The molecule has 0 aliphatic rings. The van der Waals surface area contributed by atoms with E-state index in [2.05, 4.69) is 28.1 Å². The van der Waals surface area contributed by atoms with E-state index in [4.69, 9.17) is 0 Å². The molecule has 0 aliphatic heterocycles. The maximum atomic E-state index is 13.1. The van der Waals surface area contributed by atoms with E-state index in [-0.39, 0.29) is 11.6 Å². The molecule has 3 rings (SSSR count). The van der Waals surface area contributed by atoms with Crippen LogP contribution in [0, 0.1) is 11.6 Å². The lowest BCUT2D eigenvalue weighted by Gasteiger charge is -2.09. The quantitative estimate of drug-likeness (QED) is 0.489. The monoisotopic (exact) mass is 358 g/mol. The second kappa shape index (κ2) is 6.41. The van der Waals surface area contributed by atoms with Crippen LogP contribution in [0.3, 0.4) is 0 Å². The highest BCUT2D eigenvalue weighted by molar-refractivity contribution is 9.08. The molecule has 0 fully saturated rings. The zero-order chi connectivity index (χ0) is 15.5. The van der Waals surface area contributed by atoms with Crippen molar-refractivity contribution in [2.24, 2.45) is 0 Å². The highest BCUT2D eigenvalue weighted by Crippen LogP contribution is 2.29. The molecule has 0 radical (unpaired) electrons. The first-order valence-electron chi connectivity index (χ1n) is 6.87. The van der Waals surface area contributed by atoms with Crippen molar-refractivity contribution in [3.63, 3.8) is 0 Å². The standard InChI is InChI=1S/C19H13BrF2/c20-12-13-9-16(14-1-5-18(21)6-2-14)11-17(10-13)15-3-7-19(22)8-4-15/h1-11H,12H2. The molecule has 0 heterocycles. The smallest absolute Gasteiger partial charge is 0.123 e. The third kappa shape index (κ3) is 3.25. The third-order valence-electron chi connectivity index (χ3n) is 3.50. The van der Waals surface area contributed by atoms with Crippen molar-refractivity contribution in [3.8, 4) is 22.3 Å². The molecule has 0 aliphatic carbocycles. The zero-order valence-corrected chi connectivity index (χ0v) is 13.3. The molecule has 22 heavy (non-hydrogen) atoms. The van der Waals surface area contributed by atoms with E-state index in [1.807, 2.05) is 6.07 Å². The largest absolute Gasteiger partial charge is 0.207 e. The Labute approximate surface area is 136 Å². The van der Waals surface area contributed by atoms with Gasteiger partial charge < -0.3 is 0 Å². The topological polar surface area (TPSA) is 0 Å². The summed E-state index contributed by atoms with van der Waals surface area (Å²) in [6, 6.07) is 19.0. The fourth-order valence-corrected chi connectivity index (χ4v) is 2.71. The lowest BCUT2D eigenvalue weighted by Crippen LogP contribution is -1.87. The molecule has 0 aromatic heterocycles. The van der Waals surface area contributed by atoms with E-state index in [0.717, 1.165) is 33.1 Å². The molecular weight excluding hydrogens is 346 g/mol. The summed E-state index contributed by atoms with van der Waals surface area (Å²) >= 11 is 3.47. The molecule has 0 saturated heterocycles. The van der Waals surface area contributed by atoms with Crippen molar-refractivity contribution in [2.45, 2.75) is 5.33 Å². The van der Waals surface area contributed by atoms with E-state index in [1.54, 1.807) is 24.3 Å². The molecule has 110 valence electrons. The van der Waals surface area contributed by atoms with Gasteiger partial charge in [-0.1, -0.05) is 52.3 Å². The maximum Gasteiger partial charge on any atom is 0.123 e.